The minimum absolute atomic E-state index is 0.685. The number of esters is 1. The van der Waals surface area contributed by atoms with E-state index in [1.54, 1.807) is 0 Å². The smallest absolute Gasteiger partial charge is 0.330 e. The second-order valence-corrected chi connectivity index (χ2v) is 2.37. The van der Waals surface area contributed by atoms with Crippen LogP contribution in [0.1, 0.15) is 6.92 Å². The molecule has 0 amide bonds. The fraction of sp³-hybridized carbons (Fsp3) is 0.571. The molecule has 1 unspecified atom stereocenters. The summed E-state index contributed by atoms with van der Waals surface area (Å²) in [7, 11) is 0. The molecule has 0 aliphatic carbocycles. The van der Waals surface area contributed by atoms with E-state index in [4.69, 9.17) is 15.3 Å². The molecule has 12 heavy (non-hydrogen) atoms. The monoisotopic (exact) mass is 176 g/mol. The van der Waals surface area contributed by atoms with Crippen molar-refractivity contribution in [2.45, 2.75) is 18.8 Å². The number of hydrogen-bond donors (Lipinski definition) is 3. The Balaban J connectivity index is 3.91. The molecule has 3 N–H and O–H groups in total. The Labute approximate surface area is 69.9 Å². The van der Waals surface area contributed by atoms with Crippen molar-refractivity contribution >= 4 is 5.97 Å². The summed E-state index contributed by atoms with van der Waals surface area (Å²) in [5, 5.41) is 26.6. The molecule has 0 bridgehead atoms. The van der Waals surface area contributed by atoms with Crippen LogP contribution in [0.4, 0.5) is 0 Å². The molecule has 70 valence electrons. The van der Waals surface area contributed by atoms with E-state index in [0.29, 0.717) is 0 Å². The Hall–Kier alpha value is -0.910. The molecule has 0 rings (SSSR count). The zero-order valence-corrected chi connectivity index (χ0v) is 6.73. The third-order valence-corrected chi connectivity index (χ3v) is 1.26. The van der Waals surface area contributed by atoms with Crippen molar-refractivity contribution in [2.24, 2.45) is 0 Å². The van der Waals surface area contributed by atoms with Crippen LogP contribution >= 0.6 is 0 Å². The molecule has 0 saturated heterocycles. The Morgan fingerprint density at radius 3 is 2.58 bits per heavy atom. The zero-order valence-electron chi connectivity index (χ0n) is 6.73. The predicted molar refractivity (Wildman–Crippen MR) is 40.0 cm³/mol. The van der Waals surface area contributed by atoms with Crippen molar-refractivity contribution in [3.8, 4) is 0 Å². The van der Waals surface area contributed by atoms with Crippen molar-refractivity contribution in [3.05, 3.63) is 12.7 Å². The highest BCUT2D eigenvalue weighted by Gasteiger charge is 2.31. The topological polar surface area (TPSA) is 87.0 Å². The Bertz CT molecular complexity index is 173. The summed E-state index contributed by atoms with van der Waals surface area (Å²) >= 11 is 0. The first-order valence-electron chi connectivity index (χ1n) is 3.32. The summed E-state index contributed by atoms with van der Waals surface area (Å²) in [6, 6.07) is 0. The van der Waals surface area contributed by atoms with Crippen molar-refractivity contribution in [3.63, 3.8) is 0 Å². The van der Waals surface area contributed by atoms with Gasteiger partial charge in [-0.3, -0.25) is 0 Å². The largest absolute Gasteiger partial charge is 0.457 e. The van der Waals surface area contributed by atoms with Crippen LogP contribution in [0.15, 0.2) is 12.7 Å². The fourth-order valence-electron chi connectivity index (χ4n) is 0.357. The van der Waals surface area contributed by atoms with Crippen LogP contribution < -0.4 is 0 Å². The van der Waals surface area contributed by atoms with Gasteiger partial charge in [-0.25, -0.2) is 4.79 Å². The number of aliphatic hydroxyl groups is 3. The average molecular weight is 176 g/mol. The van der Waals surface area contributed by atoms with Gasteiger partial charge in [-0.05, 0) is 6.92 Å². The minimum Gasteiger partial charge on any atom is -0.457 e. The van der Waals surface area contributed by atoms with E-state index >= 15 is 0 Å². The van der Waals surface area contributed by atoms with Gasteiger partial charge in [-0.1, -0.05) is 6.58 Å². The van der Waals surface area contributed by atoms with E-state index in [2.05, 4.69) is 11.3 Å². The molecule has 5 nitrogen and oxygen atoms in total. The van der Waals surface area contributed by atoms with Crippen LogP contribution in [0.25, 0.3) is 0 Å². The first kappa shape index (κ1) is 11.1. The molecular formula is C7H12O5. The molecule has 0 aliphatic rings. The second kappa shape index (κ2) is 4.20. The number of carbonyl (C=O) groups is 1. The highest BCUT2D eigenvalue weighted by Crippen LogP contribution is 2.06. The maximum Gasteiger partial charge on any atom is 0.330 e. The summed E-state index contributed by atoms with van der Waals surface area (Å²) in [5.41, 5.74) is 0. The number of aliphatic hydroxyl groups excluding tert-OH is 1. The van der Waals surface area contributed by atoms with Crippen LogP contribution in [-0.2, 0) is 9.53 Å². The predicted octanol–water partition coefficient (Wildman–Crippen LogP) is -1.22. The molecule has 0 aromatic heterocycles. The highest BCUT2D eigenvalue weighted by molar-refractivity contribution is 5.81. The van der Waals surface area contributed by atoms with Gasteiger partial charge in [0.1, 0.15) is 12.7 Å². The van der Waals surface area contributed by atoms with Crippen LogP contribution in [0, 0.1) is 0 Å². The van der Waals surface area contributed by atoms with Gasteiger partial charge in [0.05, 0.1) is 0 Å². The van der Waals surface area contributed by atoms with Crippen molar-refractivity contribution in [1.82, 2.24) is 0 Å². The Morgan fingerprint density at radius 2 is 2.25 bits per heavy atom. The lowest BCUT2D eigenvalue weighted by Crippen LogP contribution is -2.45. The molecular weight excluding hydrogens is 164 g/mol. The molecule has 0 heterocycles. The van der Waals surface area contributed by atoms with Gasteiger partial charge in [0.15, 0.2) is 0 Å². The molecule has 0 fully saturated rings. The van der Waals surface area contributed by atoms with Gasteiger partial charge in [0.2, 0.25) is 5.79 Å². The molecule has 5 heteroatoms. The number of hydrogen-bond acceptors (Lipinski definition) is 5. The highest BCUT2D eigenvalue weighted by atomic mass is 16.6. The lowest BCUT2D eigenvalue weighted by atomic mass is 10.2. The van der Waals surface area contributed by atoms with E-state index in [0.717, 1.165) is 6.08 Å². The van der Waals surface area contributed by atoms with Crippen molar-refractivity contribution < 1.29 is 24.9 Å². The SMILES string of the molecule is C=CC(=O)OCC(O)(O)C(C)O. The third-order valence-electron chi connectivity index (χ3n) is 1.26. The van der Waals surface area contributed by atoms with E-state index in [-0.39, 0.29) is 0 Å². The van der Waals surface area contributed by atoms with Crippen molar-refractivity contribution in [1.29, 1.82) is 0 Å². The summed E-state index contributed by atoms with van der Waals surface area (Å²) in [6.45, 7) is 3.59. The van der Waals surface area contributed by atoms with Crippen LogP contribution in [0.3, 0.4) is 0 Å². The number of ether oxygens (including phenoxy) is 1. The number of carbonyl (C=O) groups excluding carboxylic acids is 1. The summed E-state index contributed by atoms with van der Waals surface area (Å²) in [6.07, 6.45) is -0.506. The zero-order chi connectivity index (χ0) is 9.78. The lowest BCUT2D eigenvalue weighted by molar-refractivity contribution is -0.243. The molecule has 0 saturated carbocycles. The average Bonchev–Trinajstić information content (AvgIpc) is 2.00. The quantitative estimate of drug-likeness (QED) is 0.284. The van der Waals surface area contributed by atoms with Gasteiger partial charge in [0.25, 0.3) is 0 Å². The second-order valence-electron chi connectivity index (χ2n) is 2.37. The van der Waals surface area contributed by atoms with Gasteiger partial charge < -0.3 is 20.1 Å². The standard InChI is InChI=1S/C7H12O5/c1-3-6(9)12-4-7(10,11)5(2)8/h3,5,8,10-11H,1,4H2,2H3. The molecule has 0 aromatic carbocycles. The lowest BCUT2D eigenvalue weighted by Gasteiger charge is -2.23. The minimum atomic E-state index is -2.40. The Kier molecular flexibility index (Phi) is 3.88. The molecule has 0 spiro atoms. The third kappa shape index (κ3) is 3.47. The van der Waals surface area contributed by atoms with E-state index in [1.165, 1.54) is 6.92 Å². The van der Waals surface area contributed by atoms with E-state index in [9.17, 15) is 4.79 Å². The number of rotatable bonds is 4. The van der Waals surface area contributed by atoms with Gasteiger partial charge in [-0.2, -0.15) is 0 Å². The molecule has 0 radical (unpaired) electrons. The summed E-state index contributed by atoms with van der Waals surface area (Å²) < 4.78 is 4.30. The van der Waals surface area contributed by atoms with Crippen molar-refractivity contribution in [2.75, 3.05) is 6.61 Å². The van der Waals surface area contributed by atoms with Gasteiger partial charge in [-0.15, -0.1) is 0 Å². The first-order valence-corrected chi connectivity index (χ1v) is 3.32. The summed E-state index contributed by atoms with van der Waals surface area (Å²) in [4.78, 5) is 10.4. The van der Waals surface area contributed by atoms with Crippen LogP contribution in [-0.4, -0.2) is 39.8 Å². The maximum absolute atomic E-state index is 10.4. The normalized spacial score (nSPS) is 13.7. The van der Waals surface area contributed by atoms with E-state index in [1.807, 2.05) is 0 Å². The van der Waals surface area contributed by atoms with Gasteiger partial charge in [0, 0.05) is 6.08 Å². The fourth-order valence-corrected chi connectivity index (χ4v) is 0.357. The van der Waals surface area contributed by atoms with E-state index < -0.39 is 24.5 Å². The molecule has 0 aliphatic heterocycles. The van der Waals surface area contributed by atoms with Gasteiger partial charge >= 0.3 is 5.97 Å². The maximum atomic E-state index is 10.4. The Morgan fingerprint density at radius 1 is 1.75 bits per heavy atom. The first-order chi connectivity index (χ1) is 5.40. The van der Waals surface area contributed by atoms with Crippen LogP contribution in [0.5, 0.6) is 0 Å². The molecule has 0 aromatic rings. The summed E-state index contributed by atoms with van der Waals surface area (Å²) in [5.74, 6) is -3.18. The van der Waals surface area contributed by atoms with Crippen LogP contribution in [0.2, 0.25) is 0 Å². The molecule has 1 atom stereocenters.